The topological polar surface area (TPSA) is 92.3 Å². The van der Waals surface area contributed by atoms with Crippen molar-refractivity contribution in [3.8, 4) is 0 Å². The summed E-state index contributed by atoms with van der Waals surface area (Å²) in [7, 11) is -6.46. The average Bonchev–Trinajstić information content (AvgIpc) is 2.27. The highest BCUT2D eigenvalue weighted by Gasteiger charge is 2.29. The van der Waals surface area contributed by atoms with E-state index in [4.69, 9.17) is 0 Å². The molecule has 0 aromatic rings. The Balaban J connectivity index is 1.89. The van der Waals surface area contributed by atoms with E-state index in [1.165, 1.54) is 0 Å². The SMILES string of the molecule is O=S1(=O)CCCC(NS(=O)(=O)CC2CCCNC2)C1. The summed E-state index contributed by atoms with van der Waals surface area (Å²) in [6.07, 6.45) is 3.07. The molecular weight excluding hydrogens is 288 g/mol. The predicted octanol–water partition coefficient (Wildman–Crippen LogP) is -0.517. The van der Waals surface area contributed by atoms with Crippen LogP contribution in [0.2, 0.25) is 0 Å². The van der Waals surface area contributed by atoms with Crippen LogP contribution in [0.15, 0.2) is 0 Å². The quantitative estimate of drug-likeness (QED) is 0.729. The van der Waals surface area contributed by atoms with E-state index in [-0.39, 0.29) is 23.2 Å². The summed E-state index contributed by atoms with van der Waals surface area (Å²) < 4.78 is 49.6. The van der Waals surface area contributed by atoms with Crippen molar-refractivity contribution in [2.24, 2.45) is 5.92 Å². The molecule has 0 aromatic heterocycles. The Kier molecular flexibility index (Phi) is 4.86. The van der Waals surface area contributed by atoms with Gasteiger partial charge in [0.05, 0.1) is 17.3 Å². The van der Waals surface area contributed by atoms with Gasteiger partial charge in [-0.15, -0.1) is 0 Å². The number of sulfone groups is 1. The summed E-state index contributed by atoms with van der Waals surface area (Å²) in [5, 5.41) is 3.19. The van der Waals surface area contributed by atoms with E-state index in [0.29, 0.717) is 12.8 Å². The van der Waals surface area contributed by atoms with Crippen LogP contribution < -0.4 is 10.0 Å². The second-order valence-electron chi connectivity index (χ2n) is 5.57. The first kappa shape index (κ1) is 15.2. The zero-order chi connectivity index (χ0) is 13.9. The Hall–Kier alpha value is -0.180. The lowest BCUT2D eigenvalue weighted by Crippen LogP contribution is -2.46. The van der Waals surface area contributed by atoms with Gasteiger partial charge in [0.15, 0.2) is 9.84 Å². The number of rotatable bonds is 4. The lowest BCUT2D eigenvalue weighted by Gasteiger charge is -2.26. The van der Waals surface area contributed by atoms with E-state index in [0.717, 1.165) is 25.9 Å². The molecule has 0 amide bonds. The van der Waals surface area contributed by atoms with E-state index in [1.54, 1.807) is 0 Å². The van der Waals surface area contributed by atoms with Gasteiger partial charge in [0, 0.05) is 6.04 Å². The number of piperidine rings is 1. The molecule has 8 heteroatoms. The summed E-state index contributed by atoms with van der Waals surface area (Å²) >= 11 is 0. The molecule has 6 nitrogen and oxygen atoms in total. The molecule has 2 heterocycles. The van der Waals surface area contributed by atoms with Crippen molar-refractivity contribution in [3.63, 3.8) is 0 Å². The fourth-order valence-electron chi connectivity index (χ4n) is 2.79. The van der Waals surface area contributed by atoms with E-state index in [9.17, 15) is 16.8 Å². The predicted molar refractivity (Wildman–Crippen MR) is 74.2 cm³/mol. The fraction of sp³-hybridized carbons (Fsp3) is 1.00. The molecular formula is C11H22N2O4S2. The maximum atomic E-state index is 12.0. The van der Waals surface area contributed by atoms with Crippen molar-refractivity contribution in [2.75, 3.05) is 30.3 Å². The van der Waals surface area contributed by atoms with Gasteiger partial charge in [-0.1, -0.05) is 0 Å². The monoisotopic (exact) mass is 310 g/mol. The summed E-state index contributed by atoms with van der Waals surface area (Å²) in [6, 6.07) is -0.444. The van der Waals surface area contributed by atoms with Crippen molar-refractivity contribution < 1.29 is 16.8 Å². The Morgan fingerprint density at radius 2 is 2.00 bits per heavy atom. The number of sulfonamides is 1. The van der Waals surface area contributed by atoms with E-state index in [2.05, 4.69) is 10.0 Å². The summed E-state index contributed by atoms with van der Waals surface area (Å²) in [5.41, 5.74) is 0. The zero-order valence-corrected chi connectivity index (χ0v) is 12.6. The maximum absolute atomic E-state index is 12.0. The van der Waals surface area contributed by atoms with Crippen molar-refractivity contribution >= 4 is 19.9 Å². The first-order valence-electron chi connectivity index (χ1n) is 6.77. The lowest BCUT2D eigenvalue weighted by atomic mass is 10.0. The molecule has 2 aliphatic heterocycles. The van der Waals surface area contributed by atoms with Gasteiger partial charge in [0.1, 0.15) is 0 Å². The van der Waals surface area contributed by atoms with Crippen molar-refractivity contribution in [2.45, 2.75) is 31.7 Å². The number of nitrogens with one attached hydrogen (secondary N) is 2. The zero-order valence-electron chi connectivity index (χ0n) is 11.0. The van der Waals surface area contributed by atoms with Gasteiger partial charge in [-0.25, -0.2) is 21.6 Å². The van der Waals surface area contributed by atoms with Crippen molar-refractivity contribution in [1.29, 1.82) is 0 Å². The minimum atomic E-state index is -3.39. The van der Waals surface area contributed by atoms with Crippen LogP contribution in [0, 0.1) is 5.92 Å². The third-order valence-corrected chi connectivity index (χ3v) is 7.09. The molecule has 2 atom stereocenters. The highest BCUT2D eigenvalue weighted by Crippen LogP contribution is 2.15. The van der Waals surface area contributed by atoms with Crippen LogP contribution in [-0.2, 0) is 19.9 Å². The Labute approximate surface area is 115 Å². The minimum absolute atomic E-state index is 0.0604. The van der Waals surface area contributed by atoms with Gasteiger partial charge < -0.3 is 5.32 Å². The lowest BCUT2D eigenvalue weighted by molar-refractivity contribution is 0.401. The Morgan fingerprint density at radius 3 is 2.63 bits per heavy atom. The molecule has 0 radical (unpaired) electrons. The Morgan fingerprint density at radius 1 is 1.21 bits per heavy atom. The third-order valence-electron chi connectivity index (χ3n) is 3.66. The van der Waals surface area contributed by atoms with Crippen LogP contribution in [0.5, 0.6) is 0 Å². The van der Waals surface area contributed by atoms with Gasteiger partial charge in [-0.05, 0) is 44.7 Å². The van der Waals surface area contributed by atoms with Gasteiger partial charge in [0.25, 0.3) is 0 Å². The van der Waals surface area contributed by atoms with Gasteiger partial charge in [-0.2, -0.15) is 0 Å². The normalized spacial score (nSPS) is 32.0. The maximum Gasteiger partial charge on any atom is 0.212 e. The van der Waals surface area contributed by atoms with Crippen LogP contribution in [0.1, 0.15) is 25.7 Å². The van der Waals surface area contributed by atoms with Gasteiger partial charge in [-0.3, -0.25) is 0 Å². The van der Waals surface area contributed by atoms with Crippen molar-refractivity contribution in [3.05, 3.63) is 0 Å². The highest BCUT2D eigenvalue weighted by atomic mass is 32.2. The average molecular weight is 310 g/mol. The first-order chi connectivity index (χ1) is 8.86. The van der Waals surface area contributed by atoms with E-state index in [1.807, 2.05) is 0 Å². The molecule has 0 spiro atoms. The molecule has 2 saturated heterocycles. The molecule has 19 heavy (non-hydrogen) atoms. The largest absolute Gasteiger partial charge is 0.316 e. The van der Waals surface area contributed by atoms with E-state index < -0.39 is 25.9 Å². The third kappa shape index (κ3) is 5.02. The van der Waals surface area contributed by atoms with Crippen molar-refractivity contribution in [1.82, 2.24) is 10.0 Å². The van der Waals surface area contributed by atoms with Crippen LogP contribution in [0.3, 0.4) is 0 Å². The Bertz CT molecular complexity index is 495. The summed E-state index contributed by atoms with van der Waals surface area (Å²) in [6.45, 7) is 1.68. The molecule has 2 fully saturated rings. The standard InChI is InChI=1S/C11H22N2O4S2/c14-18(15)6-2-4-11(9-18)13-19(16,17)8-10-3-1-5-12-7-10/h10-13H,1-9H2. The molecule has 2 aliphatic rings. The smallest absolute Gasteiger partial charge is 0.212 e. The summed E-state index contributed by atoms with van der Waals surface area (Å²) in [5.74, 6) is 0.343. The van der Waals surface area contributed by atoms with Crippen LogP contribution in [0.25, 0.3) is 0 Å². The molecule has 2 unspecified atom stereocenters. The first-order valence-corrected chi connectivity index (χ1v) is 10.2. The molecule has 0 aliphatic carbocycles. The highest BCUT2D eigenvalue weighted by molar-refractivity contribution is 7.91. The number of hydrogen-bond donors (Lipinski definition) is 2. The molecule has 0 bridgehead atoms. The molecule has 0 saturated carbocycles. The van der Waals surface area contributed by atoms with E-state index >= 15 is 0 Å². The minimum Gasteiger partial charge on any atom is -0.316 e. The molecule has 0 aromatic carbocycles. The van der Waals surface area contributed by atoms with Crippen LogP contribution in [0.4, 0.5) is 0 Å². The van der Waals surface area contributed by atoms with Gasteiger partial charge >= 0.3 is 0 Å². The molecule has 112 valence electrons. The fourth-order valence-corrected chi connectivity index (χ4v) is 6.25. The second-order valence-corrected chi connectivity index (χ2v) is 9.59. The second kappa shape index (κ2) is 6.07. The summed E-state index contributed by atoms with van der Waals surface area (Å²) in [4.78, 5) is 0. The molecule has 2 N–H and O–H groups in total. The number of hydrogen-bond acceptors (Lipinski definition) is 5. The van der Waals surface area contributed by atoms with Gasteiger partial charge in [0.2, 0.25) is 10.0 Å². The van der Waals surface area contributed by atoms with Crippen LogP contribution >= 0.6 is 0 Å². The van der Waals surface area contributed by atoms with Crippen LogP contribution in [-0.4, -0.2) is 53.2 Å². The molecule has 2 rings (SSSR count).